The predicted molar refractivity (Wildman–Crippen MR) is 89.4 cm³/mol. The summed E-state index contributed by atoms with van der Waals surface area (Å²) in [6, 6.07) is 8.23. The number of thiophene rings is 2. The summed E-state index contributed by atoms with van der Waals surface area (Å²) in [5.74, 6) is -0.596. The van der Waals surface area contributed by atoms with Gasteiger partial charge >= 0.3 is 0 Å². The fraction of sp³-hybridized carbons (Fsp3) is 0.0714. The van der Waals surface area contributed by atoms with Gasteiger partial charge in [0.2, 0.25) is 0 Å². The molecule has 0 atom stereocenters. The number of rotatable bonds is 3. The van der Waals surface area contributed by atoms with E-state index >= 15 is 0 Å². The molecule has 2 heterocycles. The van der Waals surface area contributed by atoms with Gasteiger partial charge in [0.15, 0.2) is 0 Å². The van der Waals surface area contributed by atoms with Gasteiger partial charge in [0.25, 0.3) is 5.91 Å². The zero-order chi connectivity index (χ0) is 15.0. The van der Waals surface area contributed by atoms with Crippen LogP contribution in [0, 0.1) is 5.82 Å². The predicted octanol–water partition coefficient (Wildman–Crippen LogP) is 4.38. The molecule has 0 saturated heterocycles. The quantitative estimate of drug-likeness (QED) is 0.703. The molecule has 0 aliphatic heterocycles. The number of nitrogen functional groups attached to an aromatic ring is 1. The highest BCUT2D eigenvalue weighted by Gasteiger charge is 2.16. The number of anilines is 1. The lowest BCUT2D eigenvalue weighted by molar-refractivity contribution is 0.0956. The van der Waals surface area contributed by atoms with Crippen LogP contribution in [-0.2, 0) is 6.54 Å². The second-order valence-corrected chi connectivity index (χ2v) is 7.97. The molecule has 3 aromatic rings. The Hall–Kier alpha value is -1.44. The Morgan fingerprint density at radius 3 is 2.81 bits per heavy atom. The first-order chi connectivity index (χ1) is 10.0. The van der Waals surface area contributed by atoms with Crippen LogP contribution in [0.4, 0.5) is 10.1 Å². The fourth-order valence-electron chi connectivity index (χ4n) is 1.95. The molecule has 0 bridgehead atoms. The lowest BCUT2D eigenvalue weighted by atomic mass is 10.2. The topological polar surface area (TPSA) is 55.1 Å². The van der Waals surface area contributed by atoms with Crippen LogP contribution in [0.25, 0.3) is 10.1 Å². The summed E-state index contributed by atoms with van der Waals surface area (Å²) < 4.78 is 15.1. The molecule has 0 aliphatic rings. The van der Waals surface area contributed by atoms with Crippen LogP contribution in [0.3, 0.4) is 0 Å². The summed E-state index contributed by atoms with van der Waals surface area (Å²) in [7, 11) is 0. The van der Waals surface area contributed by atoms with Crippen molar-refractivity contribution < 1.29 is 9.18 Å². The smallest absolute Gasteiger partial charge is 0.263 e. The van der Waals surface area contributed by atoms with Crippen molar-refractivity contribution in [1.82, 2.24) is 5.32 Å². The SMILES string of the molecule is Nc1c(C(=O)NCc2ccc(Br)s2)sc2ccc(F)cc12. The van der Waals surface area contributed by atoms with Crippen molar-refractivity contribution in [2.75, 3.05) is 5.73 Å². The van der Waals surface area contributed by atoms with E-state index in [2.05, 4.69) is 21.2 Å². The third-order valence-electron chi connectivity index (χ3n) is 2.95. The molecule has 0 unspecified atom stereocenters. The normalized spacial score (nSPS) is 11.0. The van der Waals surface area contributed by atoms with E-state index < -0.39 is 0 Å². The number of nitrogens with two attached hydrogens (primary N) is 1. The second kappa shape index (κ2) is 5.75. The first-order valence-corrected chi connectivity index (χ1v) is 8.47. The number of carbonyl (C=O) groups is 1. The standard InChI is InChI=1S/C14H10BrFN2OS2/c15-11-4-2-8(20-11)6-18-14(19)13-12(17)9-5-7(16)1-3-10(9)21-13/h1-5H,6,17H2,(H,18,19). The van der Waals surface area contributed by atoms with Crippen molar-refractivity contribution in [2.45, 2.75) is 6.54 Å². The maximum atomic E-state index is 13.2. The van der Waals surface area contributed by atoms with Crippen molar-refractivity contribution in [3.8, 4) is 0 Å². The van der Waals surface area contributed by atoms with Crippen molar-refractivity contribution in [3.05, 3.63) is 49.7 Å². The molecule has 7 heteroatoms. The Bertz CT molecular complexity index is 828. The highest BCUT2D eigenvalue weighted by atomic mass is 79.9. The van der Waals surface area contributed by atoms with E-state index in [1.54, 1.807) is 17.4 Å². The molecule has 0 aliphatic carbocycles. The first-order valence-electron chi connectivity index (χ1n) is 6.04. The number of hydrogen-bond donors (Lipinski definition) is 2. The van der Waals surface area contributed by atoms with E-state index in [1.165, 1.54) is 23.5 Å². The van der Waals surface area contributed by atoms with E-state index in [4.69, 9.17) is 5.73 Å². The summed E-state index contributed by atoms with van der Waals surface area (Å²) in [6.45, 7) is 0.442. The molecule has 3 nitrogen and oxygen atoms in total. The molecule has 3 N–H and O–H groups in total. The average Bonchev–Trinajstić information content (AvgIpc) is 3.01. The Labute approximate surface area is 136 Å². The van der Waals surface area contributed by atoms with Gasteiger partial charge in [-0.1, -0.05) is 0 Å². The molecule has 0 saturated carbocycles. The molecule has 1 aromatic carbocycles. The molecule has 108 valence electrons. The van der Waals surface area contributed by atoms with E-state index in [0.717, 1.165) is 13.4 Å². The molecular formula is C14H10BrFN2OS2. The first kappa shape index (κ1) is 14.5. The number of fused-ring (bicyclic) bond motifs is 1. The van der Waals surface area contributed by atoms with Gasteiger partial charge < -0.3 is 11.1 Å². The molecule has 0 spiro atoms. The summed E-state index contributed by atoms with van der Waals surface area (Å²) in [5, 5.41) is 3.42. The van der Waals surface area contributed by atoms with Gasteiger partial charge in [0.05, 0.1) is 16.0 Å². The third kappa shape index (κ3) is 2.95. The molecular weight excluding hydrogens is 375 g/mol. The van der Waals surface area contributed by atoms with Crippen LogP contribution in [0.15, 0.2) is 34.1 Å². The van der Waals surface area contributed by atoms with Gasteiger partial charge in [-0.25, -0.2) is 4.39 Å². The third-order valence-corrected chi connectivity index (χ3v) is 5.76. The fourth-order valence-corrected chi connectivity index (χ4v) is 4.39. The molecule has 2 aromatic heterocycles. The van der Waals surface area contributed by atoms with Gasteiger partial charge in [-0.05, 0) is 46.3 Å². The van der Waals surface area contributed by atoms with Gasteiger partial charge in [0, 0.05) is 15.0 Å². The van der Waals surface area contributed by atoms with Crippen molar-refractivity contribution in [2.24, 2.45) is 0 Å². The number of nitrogens with one attached hydrogen (secondary N) is 1. The van der Waals surface area contributed by atoms with E-state index in [-0.39, 0.29) is 11.7 Å². The van der Waals surface area contributed by atoms with Crippen LogP contribution >= 0.6 is 38.6 Å². The number of halogens is 2. The van der Waals surface area contributed by atoms with Crippen LogP contribution < -0.4 is 11.1 Å². The van der Waals surface area contributed by atoms with Gasteiger partial charge in [-0.3, -0.25) is 4.79 Å². The summed E-state index contributed by atoms with van der Waals surface area (Å²) in [4.78, 5) is 13.7. The van der Waals surface area contributed by atoms with Gasteiger partial charge in [-0.15, -0.1) is 22.7 Å². The Morgan fingerprint density at radius 2 is 2.10 bits per heavy atom. The molecule has 21 heavy (non-hydrogen) atoms. The molecule has 3 rings (SSSR count). The minimum absolute atomic E-state index is 0.237. The number of benzene rings is 1. The summed E-state index contributed by atoms with van der Waals surface area (Å²) >= 11 is 6.21. The Kier molecular flexibility index (Phi) is 3.97. The highest BCUT2D eigenvalue weighted by molar-refractivity contribution is 9.11. The summed E-state index contributed by atoms with van der Waals surface area (Å²) in [5.41, 5.74) is 6.29. The maximum absolute atomic E-state index is 13.2. The lowest BCUT2D eigenvalue weighted by Gasteiger charge is -2.02. The van der Waals surface area contributed by atoms with Crippen LogP contribution in [0.1, 0.15) is 14.5 Å². The van der Waals surface area contributed by atoms with Crippen molar-refractivity contribution in [3.63, 3.8) is 0 Å². The molecule has 0 fully saturated rings. The monoisotopic (exact) mass is 384 g/mol. The minimum atomic E-state index is -0.359. The zero-order valence-corrected chi connectivity index (χ0v) is 13.9. The van der Waals surface area contributed by atoms with Crippen LogP contribution in [-0.4, -0.2) is 5.91 Å². The number of hydrogen-bond acceptors (Lipinski definition) is 4. The number of carbonyl (C=O) groups excluding carboxylic acids is 1. The molecule has 1 amide bonds. The zero-order valence-electron chi connectivity index (χ0n) is 10.7. The minimum Gasteiger partial charge on any atom is -0.397 e. The highest BCUT2D eigenvalue weighted by Crippen LogP contribution is 2.34. The maximum Gasteiger partial charge on any atom is 0.263 e. The van der Waals surface area contributed by atoms with Gasteiger partial charge in [0.1, 0.15) is 10.7 Å². The van der Waals surface area contributed by atoms with E-state index in [9.17, 15) is 9.18 Å². The van der Waals surface area contributed by atoms with Crippen molar-refractivity contribution in [1.29, 1.82) is 0 Å². The van der Waals surface area contributed by atoms with E-state index in [0.29, 0.717) is 22.5 Å². The second-order valence-electron chi connectivity index (χ2n) is 4.37. The molecule has 0 radical (unpaired) electrons. The van der Waals surface area contributed by atoms with Crippen molar-refractivity contribution >= 4 is 60.3 Å². The average molecular weight is 385 g/mol. The Morgan fingerprint density at radius 1 is 1.29 bits per heavy atom. The Balaban J connectivity index is 1.82. The van der Waals surface area contributed by atoms with E-state index in [1.807, 2.05) is 12.1 Å². The van der Waals surface area contributed by atoms with Crippen LogP contribution in [0.5, 0.6) is 0 Å². The lowest BCUT2D eigenvalue weighted by Crippen LogP contribution is -2.22. The van der Waals surface area contributed by atoms with Gasteiger partial charge in [-0.2, -0.15) is 0 Å². The summed E-state index contributed by atoms with van der Waals surface area (Å²) in [6.07, 6.45) is 0. The largest absolute Gasteiger partial charge is 0.397 e. The number of amides is 1. The van der Waals surface area contributed by atoms with Crippen LogP contribution in [0.2, 0.25) is 0 Å².